The third kappa shape index (κ3) is 6.04. The number of guanidine groups is 1. The van der Waals surface area contributed by atoms with Gasteiger partial charge in [0.2, 0.25) is 0 Å². The number of nitrogens with one attached hydrogen (secondary N) is 2. The van der Waals surface area contributed by atoms with Crippen molar-refractivity contribution in [3.63, 3.8) is 0 Å². The van der Waals surface area contributed by atoms with E-state index in [0.29, 0.717) is 12.1 Å². The molecule has 2 aromatic rings. The van der Waals surface area contributed by atoms with Gasteiger partial charge in [-0.05, 0) is 45.0 Å². The van der Waals surface area contributed by atoms with Gasteiger partial charge in [0.05, 0.1) is 19.3 Å². The van der Waals surface area contributed by atoms with E-state index in [1.54, 1.807) is 0 Å². The van der Waals surface area contributed by atoms with Crippen LogP contribution in [-0.2, 0) is 11.2 Å². The highest BCUT2D eigenvalue weighted by Crippen LogP contribution is 2.28. The molecule has 5 nitrogen and oxygen atoms in total. The lowest BCUT2D eigenvalue weighted by Crippen LogP contribution is -2.48. The van der Waals surface area contributed by atoms with Crippen LogP contribution >= 0.6 is 22.7 Å². The number of hydrogen-bond acceptors (Lipinski definition) is 5. The fourth-order valence-corrected chi connectivity index (χ4v) is 5.53. The Labute approximate surface area is 176 Å². The number of morpholine rings is 1. The normalized spacial score (nSPS) is 18.1. The zero-order chi connectivity index (χ0) is 19.9. The van der Waals surface area contributed by atoms with E-state index in [2.05, 4.69) is 65.6 Å². The van der Waals surface area contributed by atoms with Crippen molar-refractivity contribution in [3.8, 4) is 0 Å². The molecule has 2 aromatic heterocycles. The van der Waals surface area contributed by atoms with Crippen molar-refractivity contribution in [2.75, 3.05) is 39.9 Å². The Balaban J connectivity index is 1.58. The largest absolute Gasteiger partial charge is 0.379 e. The summed E-state index contributed by atoms with van der Waals surface area (Å²) >= 11 is 3.76. The van der Waals surface area contributed by atoms with Crippen molar-refractivity contribution in [1.29, 1.82) is 0 Å². The summed E-state index contributed by atoms with van der Waals surface area (Å²) in [4.78, 5) is 12.5. The van der Waals surface area contributed by atoms with Gasteiger partial charge in [-0.2, -0.15) is 0 Å². The molecule has 7 heteroatoms. The van der Waals surface area contributed by atoms with Crippen molar-refractivity contribution in [1.82, 2.24) is 15.5 Å². The molecule has 154 valence electrons. The van der Waals surface area contributed by atoms with E-state index in [1.165, 1.54) is 19.5 Å². The van der Waals surface area contributed by atoms with Gasteiger partial charge in [-0.1, -0.05) is 0 Å². The number of thiophene rings is 2. The van der Waals surface area contributed by atoms with Crippen LogP contribution in [0, 0.1) is 13.8 Å². The van der Waals surface area contributed by atoms with Crippen molar-refractivity contribution in [2.24, 2.45) is 4.99 Å². The quantitative estimate of drug-likeness (QED) is 0.531. The van der Waals surface area contributed by atoms with E-state index in [9.17, 15) is 0 Å². The molecule has 1 fully saturated rings. The van der Waals surface area contributed by atoms with E-state index in [4.69, 9.17) is 4.74 Å². The van der Waals surface area contributed by atoms with Crippen LogP contribution < -0.4 is 10.6 Å². The van der Waals surface area contributed by atoms with Crippen molar-refractivity contribution in [3.05, 3.63) is 43.8 Å². The summed E-state index contributed by atoms with van der Waals surface area (Å²) in [5, 5.41) is 7.11. The number of aryl methyl sites for hydroxylation is 2. The molecule has 0 bridgehead atoms. The van der Waals surface area contributed by atoms with Crippen LogP contribution in [0.4, 0.5) is 0 Å². The molecule has 1 aliphatic rings. The molecule has 0 amide bonds. The number of hydrogen-bond donors (Lipinski definition) is 2. The van der Waals surface area contributed by atoms with Gasteiger partial charge in [-0.3, -0.25) is 9.89 Å². The summed E-state index contributed by atoms with van der Waals surface area (Å²) < 4.78 is 5.55. The molecule has 3 heterocycles. The van der Waals surface area contributed by atoms with Crippen molar-refractivity contribution < 1.29 is 4.74 Å². The highest BCUT2D eigenvalue weighted by Gasteiger charge is 2.24. The lowest BCUT2D eigenvalue weighted by Gasteiger charge is -2.34. The lowest BCUT2D eigenvalue weighted by atomic mass is 10.2. The number of ether oxygens (including phenoxy) is 1. The zero-order valence-electron chi connectivity index (χ0n) is 17.3. The van der Waals surface area contributed by atoms with E-state index < -0.39 is 0 Å². The monoisotopic (exact) mass is 420 g/mol. The average molecular weight is 421 g/mol. The number of nitrogens with zero attached hydrogens (tertiary/aromatic N) is 2. The van der Waals surface area contributed by atoms with Crippen LogP contribution in [-0.4, -0.2) is 56.8 Å². The standard InChI is InChI=1S/C21H32N4OS2/c1-15(13-18-7-5-16(2)27-18)24-21(22-4)23-14-19(20-8-6-17(3)28-20)25-9-11-26-12-10-25/h5-8,15,19H,9-14H2,1-4H3,(H2,22,23,24). The van der Waals surface area contributed by atoms with Gasteiger partial charge in [0.25, 0.3) is 0 Å². The predicted octanol–water partition coefficient (Wildman–Crippen LogP) is 3.60. The molecule has 2 atom stereocenters. The van der Waals surface area contributed by atoms with E-state index in [1.807, 2.05) is 29.7 Å². The Morgan fingerprint density at radius 1 is 1.14 bits per heavy atom. The second-order valence-corrected chi connectivity index (χ2v) is 10.0. The first-order valence-electron chi connectivity index (χ1n) is 9.95. The smallest absolute Gasteiger partial charge is 0.191 e. The Morgan fingerprint density at radius 2 is 1.86 bits per heavy atom. The SMILES string of the molecule is CN=C(NCC(c1ccc(C)s1)N1CCOCC1)NC(C)Cc1ccc(C)s1. The minimum Gasteiger partial charge on any atom is -0.379 e. The van der Waals surface area contributed by atoms with Gasteiger partial charge < -0.3 is 15.4 Å². The summed E-state index contributed by atoms with van der Waals surface area (Å²) in [5.74, 6) is 0.868. The van der Waals surface area contributed by atoms with E-state index in [0.717, 1.165) is 45.2 Å². The van der Waals surface area contributed by atoms with E-state index >= 15 is 0 Å². The Hall–Kier alpha value is -1.41. The fraction of sp³-hybridized carbons (Fsp3) is 0.571. The molecule has 3 rings (SSSR count). The molecule has 0 aliphatic carbocycles. The van der Waals surface area contributed by atoms with Gasteiger partial charge in [0, 0.05) is 58.7 Å². The van der Waals surface area contributed by atoms with Gasteiger partial charge in [-0.15, -0.1) is 22.7 Å². The minimum absolute atomic E-state index is 0.329. The molecular weight excluding hydrogens is 388 g/mol. The number of rotatable bonds is 7. The van der Waals surface area contributed by atoms with Crippen LogP contribution in [0.2, 0.25) is 0 Å². The van der Waals surface area contributed by atoms with Gasteiger partial charge in [0.15, 0.2) is 5.96 Å². The van der Waals surface area contributed by atoms with Crippen molar-refractivity contribution >= 4 is 28.6 Å². The first-order valence-corrected chi connectivity index (χ1v) is 11.6. The first-order chi connectivity index (χ1) is 13.5. The van der Waals surface area contributed by atoms with Crippen LogP contribution in [0.3, 0.4) is 0 Å². The molecule has 0 aromatic carbocycles. The summed E-state index contributed by atoms with van der Waals surface area (Å²) in [6.45, 7) is 11.0. The van der Waals surface area contributed by atoms with Crippen LogP contribution in [0.5, 0.6) is 0 Å². The topological polar surface area (TPSA) is 48.9 Å². The third-order valence-corrected chi connectivity index (χ3v) is 7.07. The molecule has 2 N–H and O–H groups in total. The summed E-state index contributed by atoms with van der Waals surface area (Å²) in [5.41, 5.74) is 0. The van der Waals surface area contributed by atoms with Gasteiger partial charge in [0.1, 0.15) is 0 Å². The molecule has 28 heavy (non-hydrogen) atoms. The fourth-order valence-electron chi connectivity index (χ4n) is 3.50. The maximum Gasteiger partial charge on any atom is 0.191 e. The molecule has 2 unspecified atom stereocenters. The maximum absolute atomic E-state index is 5.55. The highest BCUT2D eigenvalue weighted by molar-refractivity contribution is 7.12. The lowest BCUT2D eigenvalue weighted by molar-refractivity contribution is 0.0177. The molecule has 0 spiro atoms. The summed E-state index contributed by atoms with van der Waals surface area (Å²) in [6, 6.07) is 9.56. The number of aliphatic imine (C=N–C) groups is 1. The van der Waals surface area contributed by atoms with Gasteiger partial charge in [-0.25, -0.2) is 0 Å². The molecular formula is C21H32N4OS2. The summed E-state index contributed by atoms with van der Waals surface area (Å²) in [6.07, 6.45) is 1.01. The average Bonchev–Trinajstić information content (AvgIpc) is 3.30. The zero-order valence-corrected chi connectivity index (χ0v) is 19.0. The highest BCUT2D eigenvalue weighted by atomic mass is 32.1. The predicted molar refractivity (Wildman–Crippen MR) is 121 cm³/mol. The van der Waals surface area contributed by atoms with Crippen LogP contribution in [0.1, 0.15) is 32.5 Å². The van der Waals surface area contributed by atoms with Crippen molar-refractivity contribution in [2.45, 2.75) is 39.3 Å². The second kappa shape index (κ2) is 10.4. The second-order valence-electron chi connectivity index (χ2n) is 7.33. The minimum atomic E-state index is 0.329. The van der Waals surface area contributed by atoms with Gasteiger partial charge >= 0.3 is 0 Å². The molecule has 1 aliphatic heterocycles. The Bertz CT molecular complexity index is 764. The Morgan fingerprint density at radius 3 is 2.46 bits per heavy atom. The Kier molecular flexibility index (Phi) is 7.91. The molecule has 0 radical (unpaired) electrons. The first kappa shape index (κ1) is 21.3. The maximum atomic E-state index is 5.55. The summed E-state index contributed by atoms with van der Waals surface area (Å²) in [7, 11) is 1.84. The van der Waals surface area contributed by atoms with E-state index in [-0.39, 0.29) is 0 Å². The molecule has 0 saturated carbocycles. The third-order valence-electron chi connectivity index (χ3n) is 4.95. The molecule has 1 saturated heterocycles. The van der Waals surface area contributed by atoms with Crippen LogP contribution in [0.15, 0.2) is 29.3 Å². The van der Waals surface area contributed by atoms with Crippen LogP contribution in [0.25, 0.3) is 0 Å².